The van der Waals surface area contributed by atoms with Crippen molar-refractivity contribution < 1.29 is 0 Å². The highest BCUT2D eigenvalue weighted by Crippen LogP contribution is 2.08. The molecular formula is C9H20N4S. The second-order valence-corrected chi connectivity index (χ2v) is 4.22. The van der Waals surface area contributed by atoms with Crippen molar-refractivity contribution in [3.63, 3.8) is 0 Å². The molecule has 0 rings (SSSR count). The number of azide groups is 1. The highest BCUT2D eigenvalue weighted by molar-refractivity contribution is 7.98. The Morgan fingerprint density at radius 1 is 1.57 bits per heavy atom. The van der Waals surface area contributed by atoms with Crippen LogP contribution >= 0.6 is 11.8 Å². The van der Waals surface area contributed by atoms with Crippen LogP contribution in [0.5, 0.6) is 0 Å². The van der Waals surface area contributed by atoms with E-state index < -0.39 is 0 Å². The molecule has 14 heavy (non-hydrogen) atoms. The van der Waals surface area contributed by atoms with Gasteiger partial charge in [-0.05, 0) is 38.2 Å². The van der Waals surface area contributed by atoms with E-state index in [9.17, 15) is 0 Å². The first-order valence-corrected chi connectivity index (χ1v) is 6.35. The van der Waals surface area contributed by atoms with Crippen LogP contribution in [0.1, 0.15) is 19.8 Å². The molecule has 0 aliphatic carbocycles. The van der Waals surface area contributed by atoms with Crippen LogP contribution in [0.25, 0.3) is 10.4 Å². The van der Waals surface area contributed by atoms with Crippen LogP contribution in [0.3, 0.4) is 0 Å². The van der Waals surface area contributed by atoms with Gasteiger partial charge in [0.25, 0.3) is 0 Å². The molecule has 0 N–H and O–H groups in total. The van der Waals surface area contributed by atoms with Crippen molar-refractivity contribution in [3.05, 3.63) is 10.4 Å². The zero-order valence-corrected chi connectivity index (χ0v) is 10.1. The van der Waals surface area contributed by atoms with Crippen LogP contribution in [-0.4, -0.2) is 43.1 Å². The van der Waals surface area contributed by atoms with E-state index in [1.165, 1.54) is 12.2 Å². The Morgan fingerprint density at radius 3 is 2.79 bits per heavy atom. The van der Waals surface area contributed by atoms with E-state index in [0.29, 0.717) is 12.6 Å². The van der Waals surface area contributed by atoms with Crippen molar-refractivity contribution >= 4 is 11.8 Å². The predicted molar refractivity (Wildman–Crippen MR) is 63.7 cm³/mol. The minimum Gasteiger partial charge on any atom is -0.303 e. The molecule has 0 amide bonds. The molecular weight excluding hydrogens is 196 g/mol. The Hall–Kier alpha value is -0.380. The maximum Gasteiger partial charge on any atom is 0.0270 e. The van der Waals surface area contributed by atoms with Crippen molar-refractivity contribution in [1.29, 1.82) is 0 Å². The zero-order valence-electron chi connectivity index (χ0n) is 9.31. The number of thioether (sulfide) groups is 1. The number of hydrogen-bond acceptors (Lipinski definition) is 3. The molecule has 0 saturated carbocycles. The number of rotatable bonds is 8. The molecule has 0 aromatic carbocycles. The smallest absolute Gasteiger partial charge is 0.0270 e. The summed E-state index contributed by atoms with van der Waals surface area (Å²) in [6.45, 7) is 3.83. The van der Waals surface area contributed by atoms with Crippen LogP contribution < -0.4 is 0 Å². The van der Waals surface area contributed by atoms with E-state index in [4.69, 9.17) is 5.53 Å². The van der Waals surface area contributed by atoms with Crippen molar-refractivity contribution in [3.8, 4) is 0 Å². The molecule has 0 radical (unpaired) electrons. The average Bonchev–Trinajstić information content (AvgIpc) is 2.20. The SMILES string of the molecule is CCC(CSC)N(C)CCCN=[N+]=[N-]. The number of nitrogens with zero attached hydrogens (tertiary/aromatic N) is 4. The van der Waals surface area contributed by atoms with Crippen LogP contribution in [0.4, 0.5) is 0 Å². The quantitative estimate of drug-likeness (QED) is 0.271. The fourth-order valence-electron chi connectivity index (χ4n) is 1.37. The summed E-state index contributed by atoms with van der Waals surface area (Å²) >= 11 is 1.88. The maximum absolute atomic E-state index is 8.11. The van der Waals surface area contributed by atoms with Crippen LogP contribution in [0, 0.1) is 0 Å². The molecule has 1 unspecified atom stereocenters. The fraction of sp³-hybridized carbons (Fsp3) is 1.00. The van der Waals surface area contributed by atoms with Crippen molar-refractivity contribution in [2.24, 2.45) is 5.11 Å². The molecule has 4 nitrogen and oxygen atoms in total. The normalized spacial score (nSPS) is 12.6. The van der Waals surface area contributed by atoms with E-state index in [1.807, 2.05) is 11.8 Å². The third-order valence-corrected chi connectivity index (χ3v) is 3.00. The summed E-state index contributed by atoms with van der Waals surface area (Å²) in [5.41, 5.74) is 8.11. The highest BCUT2D eigenvalue weighted by Gasteiger charge is 2.10. The van der Waals surface area contributed by atoms with Crippen LogP contribution in [0.15, 0.2) is 5.11 Å². The summed E-state index contributed by atoms with van der Waals surface area (Å²) in [4.78, 5) is 5.09. The lowest BCUT2D eigenvalue weighted by Crippen LogP contribution is -2.34. The van der Waals surface area contributed by atoms with Crippen molar-refractivity contribution in [2.45, 2.75) is 25.8 Å². The average molecular weight is 216 g/mol. The molecule has 5 heteroatoms. The third-order valence-electron chi connectivity index (χ3n) is 2.29. The van der Waals surface area contributed by atoms with Gasteiger partial charge < -0.3 is 4.90 Å². The lowest BCUT2D eigenvalue weighted by molar-refractivity contribution is 0.254. The molecule has 0 aromatic heterocycles. The van der Waals surface area contributed by atoms with Gasteiger partial charge in [-0.25, -0.2) is 0 Å². The molecule has 0 saturated heterocycles. The van der Waals surface area contributed by atoms with Gasteiger partial charge >= 0.3 is 0 Å². The van der Waals surface area contributed by atoms with E-state index in [1.54, 1.807) is 0 Å². The fourth-order valence-corrected chi connectivity index (χ4v) is 2.24. The van der Waals surface area contributed by atoms with Gasteiger partial charge in [0, 0.05) is 23.3 Å². The molecule has 0 spiro atoms. The molecule has 82 valence electrons. The highest BCUT2D eigenvalue weighted by atomic mass is 32.2. The summed E-state index contributed by atoms with van der Waals surface area (Å²) in [5, 5.41) is 3.52. The molecule has 0 fully saturated rings. The minimum atomic E-state index is 0.608. The first-order valence-electron chi connectivity index (χ1n) is 4.96. The van der Waals surface area contributed by atoms with E-state index in [2.05, 4.69) is 35.2 Å². The van der Waals surface area contributed by atoms with Gasteiger partial charge in [-0.1, -0.05) is 12.0 Å². The molecule has 0 aliphatic heterocycles. The van der Waals surface area contributed by atoms with E-state index >= 15 is 0 Å². The molecule has 0 heterocycles. The monoisotopic (exact) mass is 216 g/mol. The van der Waals surface area contributed by atoms with Gasteiger partial charge in [-0.15, -0.1) is 0 Å². The summed E-state index contributed by atoms with van der Waals surface area (Å²) < 4.78 is 0. The first-order chi connectivity index (χ1) is 6.76. The summed E-state index contributed by atoms with van der Waals surface area (Å²) in [6, 6.07) is 0.649. The van der Waals surface area contributed by atoms with Gasteiger partial charge in [0.15, 0.2) is 0 Å². The topological polar surface area (TPSA) is 52.0 Å². The Bertz CT molecular complexity index is 180. The summed E-state index contributed by atoms with van der Waals surface area (Å²) in [6.07, 6.45) is 4.26. The lowest BCUT2D eigenvalue weighted by Gasteiger charge is -2.26. The minimum absolute atomic E-state index is 0.608. The van der Waals surface area contributed by atoms with Crippen LogP contribution in [-0.2, 0) is 0 Å². The van der Waals surface area contributed by atoms with Gasteiger partial charge in [0.2, 0.25) is 0 Å². The van der Waals surface area contributed by atoms with Gasteiger partial charge in [-0.3, -0.25) is 0 Å². The van der Waals surface area contributed by atoms with Gasteiger partial charge in [-0.2, -0.15) is 11.8 Å². The van der Waals surface area contributed by atoms with Gasteiger partial charge in [0.05, 0.1) is 0 Å². The summed E-state index contributed by atoms with van der Waals surface area (Å²) in [5.74, 6) is 1.18. The van der Waals surface area contributed by atoms with Gasteiger partial charge in [0.1, 0.15) is 0 Å². The first kappa shape index (κ1) is 13.6. The molecule has 0 aliphatic rings. The zero-order chi connectivity index (χ0) is 10.8. The summed E-state index contributed by atoms with van der Waals surface area (Å²) in [7, 11) is 2.14. The van der Waals surface area contributed by atoms with E-state index in [0.717, 1.165) is 13.0 Å². The Kier molecular flexibility index (Phi) is 8.94. The molecule has 0 aromatic rings. The Morgan fingerprint density at radius 2 is 2.29 bits per heavy atom. The second-order valence-electron chi connectivity index (χ2n) is 3.31. The van der Waals surface area contributed by atoms with Crippen LogP contribution in [0.2, 0.25) is 0 Å². The second kappa shape index (κ2) is 9.19. The largest absolute Gasteiger partial charge is 0.303 e. The lowest BCUT2D eigenvalue weighted by atomic mass is 10.2. The standard InChI is InChI=1S/C9H20N4S/c1-4-9(8-14-3)13(2)7-5-6-11-12-10/h9H,4-8H2,1-3H3. The number of hydrogen-bond donors (Lipinski definition) is 0. The third kappa shape index (κ3) is 6.13. The molecule has 0 bridgehead atoms. The Balaban J connectivity index is 3.67. The predicted octanol–water partition coefficient (Wildman–Crippen LogP) is 2.76. The van der Waals surface area contributed by atoms with E-state index in [-0.39, 0.29) is 0 Å². The molecule has 1 atom stereocenters. The maximum atomic E-state index is 8.11. The van der Waals surface area contributed by atoms with Crippen molar-refractivity contribution in [2.75, 3.05) is 32.1 Å². The Labute approximate surface area is 90.7 Å². The van der Waals surface area contributed by atoms with Crippen molar-refractivity contribution in [1.82, 2.24) is 4.90 Å².